The number of benzene rings is 1. The summed E-state index contributed by atoms with van der Waals surface area (Å²) in [6, 6.07) is 6.96. The van der Waals surface area contributed by atoms with Crippen molar-refractivity contribution in [1.29, 1.82) is 0 Å². The molecule has 2 heterocycles. The fraction of sp³-hybridized carbons (Fsp3) is 0.500. The Hall–Kier alpha value is -2.19. The second-order valence-electron chi connectivity index (χ2n) is 5.93. The SMILES string of the molecule is CCOC(=O)[C@H]1CCCN(Cn2nnn(-c3ccccc3Cl)c2=O)C1. The number of esters is 1. The summed E-state index contributed by atoms with van der Waals surface area (Å²) in [6.45, 7) is 3.79. The first-order valence-corrected chi connectivity index (χ1v) is 8.64. The van der Waals surface area contributed by atoms with Crippen LogP contribution < -0.4 is 5.69 Å². The number of piperidine rings is 1. The van der Waals surface area contributed by atoms with Crippen molar-refractivity contribution in [3.8, 4) is 5.69 Å². The van der Waals surface area contributed by atoms with Gasteiger partial charge in [0.25, 0.3) is 0 Å². The molecule has 0 aliphatic carbocycles. The number of rotatable bonds is 5. The van der Waals surface area contributed by atoms with Gasteiger partial charge < -0.3 is 4.74 Å². The number of nitrogens with zero attached hydrogens (tertiary/aromatic N) is 5. The first-order chi connectivity index (χ1) is 12.1. The topological polar surface area (TPSA) is 82.2 Å². The molecule has 0 N–H and O–H groups in total. The largest absolute Gasteiger partial charge is 0.466 e. The molecule has 0 bridgehead atoms. The molecule has 1 aromatic carbocycles. The molecule has 8 nitrogen and oxygen atoms in total. The molecule has 1 aliphatic rings. The zero-order valence-corrected chi connectivity index (χ0v) is 14.7. The van der Waals surface area contributed by atoms with Crippen LogP contribution in [0.5, 0.6) is 0 Å². The van der Waals surface area contributed by atoms with E-state index in [1.54, 1.807) is 31.2 Å². The lowest BCUT2D eigenvalue weighted by Crippen LogP contribution is -2.42. The summed E-state index contributed by atoms with van der Waals surface area (Å²) in [4.78, 5) is 26.5. The fourth-order valence-corrected chi connectivity index (χ4v) is 3.18. The third kappa shape index (κ3) is 3.91. The van der Waals surface area contributed by atoms with Gasteiger partial charge in [-0.25, -0.2) is 4.79 Å². The molecule has 0 amide bonds. The number of carbonyl (C=O) groups excluding carboxylic acids is 1. The first-order valence-electron chi connectivity index (χ1n) is 8.27. The summed E-state index contributed by atoms with van der Waals surface area (Å²) in [5, 5.41) is 8.27. The maximum atomic E-state index is 12.5. The van der Waals surface area contributed by atoms with Gasteiger partial charge in [-0.3, -0.25) is 9.69 Å². The molecule has 134 valence electrons. The van der Waals surface area contributed by atoms with Crippen LogP contribution in [-0.2, 0) is 16.2 Å². The Bertz CT molecular complexity index is 803. The van der Waals surface area contributed by atoms with Crippen LogP contribution in [0, 0.1) is 5.92 Å². The molecule has 9 heteroatoms. The molecule has 1 aliphatic heterocycles. The van der Waals surface area contributed by atoms with Crippen molar-refractivity contribution in [2.75, 3.05) is 19.7 Å². The Labute approximate surface area is 149 Å². The monoisotopic (exact) mass is 365 g/mol. The molecule has 0 radical (unpaired) electrons. The third-order valence-electron chi connectivity index (χ3n) is 4.18. The Morgan fingerprint density at radius 3 is 2.92 bits per heavy atom. The Balaban J connectivity index is 1.73. The first kappa shape index (κ1) is 17.6. The van der Waals surface area contributed by atoms with E-state index in [-0.39, 0.29) is 24.2 Å². The Morgan fingerprint density at radius 1 is 1.36 bits per heavy atom. The second-order valence-corrected chi connectivity index (χ2v) is 6.34. The van der Waals surface area contributed by atoms with Gasteiger partial charge in [0.2, 0.25) is 0 Å². The lowest BCUT2D eigenvalue weighted by Gasteiger charge is -2.30. The predicted molar refractivity (Wildman–Crippen MR) is 91.6 cm³/mol. The van der Waals surface area contributed by atoms with Crippen molar-refractivity contribution in [3.63, 3.8) is 0 Å². The lowest BCUT2D eigenvalue weighted by atomic mass is 9.99. The molecular formula is C16H20ClN5O3. The van der Waals surface area contributed by atoms with Crippen LogP contribution >= 0.6 is 11.6 Å². The number of hydrogen-bond acceptors (Lipinski definition) is 6. The van der Waals surface area contributed by atoms with Crippen molar-refractivity contribution in [3.05, 3.63) is 39.8 Å². The summed E-state index contributed by atoms with van der Waals surface area (Å²) in [5.41, 5.74) is 0.120. The molecule has 3 rings (SSSR count). The van der Waals surface area contributed by atoms with Gasteiger partial charge in [-0.05, 0) is 48.9 Å². The minimum absolute atomic E-state index is 0.164. The van der Waals surface area contributed by atoms with E-state index in [0.717, 1.165) is 19.4 Å². The number of hydrogen-bond donors (Lipinski definition) is 0. The molecule has 1 aromatic heterocycles. The predicted octanol–water partition coefficient (Wildman–Crippen LogP) is 1.31. The van der Waals surface area contributed by atoms with Crippen LogP contribution in [0.2, 0.25) is 5.02 Å². The summed E-state index contributed by atoms with van der Waals surface area (Å²) in [7, 11) is 0. The van der Waals surface area contributed by atoms with E-state index in [0.29, 0.717) is 23.9 Å². The van der Waals surface area contributed by atoms with E-state index in [9.17, 15) is 9.59 Å². The smallest absolute Gasteiger partial charge is 0.369 e. The van der Waals surface area contributed by atoms with Gasteiger partial charge in [0.05, 0.1) is 23.2 Å². The maximum Gasteiger partial charge on any atom is 0.369 e. The highest BCUT2D eigenvalue weighted by Gasteiger charge is 2.27. The molecule has 0 spiro atoms. The maximum absolute atomic E-state index is 12.5. The van der Waals surface area contributed by atoms with Crippen LogP contribution in [-0.4, -0.2) is 50.4 Å². The van der Waals surface area contributed by atoms with Crippen LogP contribution in [0.3, 0.4) is 0 Å². The number of aromatic nitrogens is 4. The number of carbonyl (C=O) groups is 1. The van der Waals surface area contributed by atoms with Crippen molar-refractivity contribution >= 4 is 17.6 Å². The number of likely N-dealkylation sites (tertiary alicyclic amines) is 1. The van der Waals surface area contributed by atoms with Crippen molar-refractivity contribution in [1.82, 2.24) is 24.7 Å². The van der Waals surface area contributed by atoms with Gasteiger partial charge in [-0.1, -0.05) is 23.7 Å². The molecule has 1 fully saturated rings. The summed E-state index contributed by atoms with van der Waals surface area (Å²) < 4.78 is 7.55. The van der Waals surface area contributed by atoms with Crippen molar-refractivity contribution < 1.29 is 9.53 Å². The van der Waals surface area contributed by atoms with Gasteiger partial charge in [0.15, 0.2) is 0 Å². The number of ether oxygens (including phenoxy) is 1. The molecule has 0 saturated carbocycles. The normalized spacial score (nSPS) is 18.2. The number of tetrazole rings is 1. The van der Waals surface area contributed by atoms with E-state index >= 15 is 0 Å². The van der Waals surface area contributed by atoms with Gasteiger partial charge in [-0.15, -0.1) is 0 Å². The number of halogens is 1. The molecule has 2 aromatic rings. The molecular weight excluding hydrogens is 346 g/mol. The van der Waals surface area contributed by atoms with Gasteiger partial charge in [-0.2, -0.15) is 9.36 Å². The average Bonchev–Trinajstić information content (AvgIpc) is 2.96. The second kappa shape index (κ2) is 7.79. The van der Waals surface area contributed by atoms with E-state index in [1.807, 2.05) is 4.90 Å². The van der Waals surface area contributed by atoms with E-state index in [2.05, 4.69) is 10.4 Å². The summed E-state index contributed by atoms with van der Waals surface area (Å²) >= 11 is 6.12. The zero-order chi connectivity index (χ0) is 17.8. The van der Waals surface area contributed by atoms with Crippen LogP contribution in [0.4, 0.5) is 0 Å². The van der Waals surface area contributed by atoms with Crippen molar-refractivity contribution in [2.24, 2.45) is 5.92 Å². The van der Waals surface area contributed by atoms with Crippen molar-refractivity contribution in [2.45, 2.75) is 26.4 Å². The van der Waals surface area contributed by atoms with Crippen LogP contribution in [0.15, 0.2) is 29.1 Å². The average molecular weight is 366 g/mol. The molecule has 0 unspecified atom stereocenters. The zero-order valence-electron chi connectivity index (χ0n) is 14.0. The highest BCUT2D eigenvalue weighted by molar-refractivity contribution is 6.32. The van der Waals surface area contributed by atoms with E-state index in [1.165, 1.54) is 9.36 Å². The van der Waals surface area contributed by atoms with Gasteiger partial charge in [0.1, 0.15) is 6.67 Å². The molecule has 1 saturated heterocycles. The highest BCUT2D eigenvalue weighted by Crippen LogP contribution is 2.19. The van der Waals surface area contributed by atoms with E-state index < -0.39 is 0 Å². The summed E-state index contributed by atoms with van der Waals surface area (Å²) in [6.07, 6.45) is 1.67. The Kier molecular flexibility index (Phi) is 5.50. The van der Waals surface area contributed by atoms with Crippen LogP contribution in [0.25, 0.3) is 5.69 Å². The molecule has 1 atom stereocenters. The lowest BCUT2D eigenvalue weighted by molar-refractivity contribution is -0.150. The number of para-hydroxylation sites is 1. The third-order valence-corrected chi connectivity index (χ3v) is 4.50. The quantitative estimate of drug-likeness (QED) is 0.743. The van der Waals surface area contributed by atoms with E-state index in [4.69, 9.17) is 16.3 Å². The summed E-state index contributed by atoms with van der Waals surface area (Å²) in [5.74, 6) is -0.345. The minimum Gasteiger partial charge on any atom is -0.466 e. The standard InChI is InChI=1S/C16H20ClN5O3/c1-2-25-15(23)12-6-5-9-20(10-12)11-21-16(24)22(19-18-21)14-8-4-3-7-13(14)17/h3-4,7-8,12H,2,5-6,9-11H2,1H3/t12-/m0/s1. The van der Waals surface area contributed by atoms with Crippen LogP contribution in [0.1, 0.15) is 19.8 Å². The van der Waals surface area contributed by atoms with Gasteiger partial charge >= 0.3 is 11.7 Å². The fourth-order valence-electron chi connectivity index (χ4n) is 2.96. The molecule has 25 heavy (non-hydrogen) atoms. The highest BCUT2D eigenvalue weighted by atomic mass is 35.5. The Morgan fingerprint density at radius 2 is 2.16 bits per heavy atom. The van der Waals surface area contributed by atoms with Gasteiger partial charge in [0, 0.05) is 6.54 Å². The minimum atomic E-state index is -0.369.